The topological polar surface area (TPSA) is 201 Å². The van der Waals surface area contributed by atoms with Gasteiger partial charge in [0.25, 0.3) is 5.60 Å². The highest BCUT2D eigenvalue weighted by atomic mass is 19.5. The standard InChI is InChI=1S/C13H20F6O2.C13H20F6O.C12H19F3O.C11H17F3O.2C10H17F3O.C8H9F5O2.C7H9F5O2/c1-7-4-8(10(2,20)12(14,15)16)6-9(5-7)11(3,21)13(17,18)19;1-10(2,12(14,15)16)8-4-6-9(7-5-8)11(3,20)13(17,18)19;1-7-3-9-4-8(7)5-10(9)6-11(2,16)12(13,14)15;1-6-3-8-4-7(6)5-9(8)10(2,15)11(12,13)14;1-7-3-5-8(6-4-7)9(2,14)10(11,12)13;1-7-5-3-4-6-8(7)9(2,14)10(11,12)13;1-3-2-4-6(14,8(11,12)13)7(9,10)5(3)15-4;1-4(2)3-14-6(13,5(4,8)9)7(10,11)12/h7-9,20-21H,4-6H2,1-3H3;8-9,20H,4-7H2,1-3H3;7-10,16H,3-6H2,1-2H3;6-9,15H,3-5H2,1-2H3;2*7-8,14H,3-6H2,1-2H3;3-5,14H,2H2,1H3;13H,3H2,1-2H3. The smallest absolute Gasteiger partial charge is 0.381 e. The maximum Gasteiger partial charge on any atom is 0.449 e. The van der Waals surface area contributed by atoms with E-state index in [0.29, 0.717) is 82.0 Å². The lowest BCUT2D eigenvalue weighted by molar-refractivity contribution is -0.407. The molecular weight excluding hydrogens is 1830 g/mol. The van der Waals surface area contributed by atoms with Crippen LogP contribution in [0.15, 0.2) is 0 Å². The Kier molecular flexibility index (Phi) is 36.2. The first-order valence-electron chi connectivity index (χ1n) is 43.1. The number of fused-ring (bicyclic) bond motifs is 6. The van der Waals surface area contributed by atoms with Gasteiger partial charge in [0.05, 0.1) is 17.4 Å². The van der Waals surface area contributed by atoms with E-state index in [1.54, 1.807) is 6.92 Å². The van der Waals surface area contributed by atoms with Crippen LogP contribution in [0.25, 0.3) is 0 Å². The lowest BCUT2D eigenvalue weighted by atomic mass is 9.65. The minimum atomic E-state index is -5.51. The molecule has 6 bridgehead atoms. The summed E-state index contributed by atoms with van der Waals surface area (Å²) < 4.78 is 440. The van der Waals surface area contributed by atoms with Crippen molar-refractivity contribution in [1.29, 1.82) is 0 Å². The fraction of sp³-hybridized carbons (Fsp3) is 1.00. The zero-order valence-corrected chi connectivity index (χ0v) is 74.7. The largest absolute Gasteiger partial charge is 0.449 e. The molecule has 129 heavy (non-hydrogen) atoms. The molecule has 11 fully saturated rings. The van der Waals surface area contributed by atoms with Crippen LogP contribution in [0, 0.1) is 117 Å². The van der Waals surface area contributed by atoms with Crippen LogP contribution in [0.4, 0.5) is 149 Å². The molecule has 45 heteroatoms. The number of aliphatic hydroxyl groups is 9. The van der Waals surface area contributed by atoms with Crippen molar-refractivity contribution in [2.75, 3.05) is 6.61 Å². The molecule has 768 valence electrons. The van der Waals surface area contributed by atoms with Crippen LogP contribution in [0.5, 0.6) is 0 Å². The Morgan fingerprint density at radius 2 is 0.674 bits per heavy atom. The normalized spacial score (nSPS) is 37.4. The lowest BCUT2D eigenvalue weighted by Crippen LogP contribution is -2.66. The van der Waals surface area contributed by atoms with Gasteiger partial charge in [-0.1, -0.05) is 101 Å². The van der Waals surface area contributed by atoms with Crippen LogP contribution in [-0.4, -0.2) is 189 Å². The Morgan fingerprint density at radius 3 is 0.961 bits per heavy atom. The predicted molar refractivity (Wildman–Crippen MR) is 400 cm³/mol. The van der Waals surface area contributed by atoms with Gasteiger partial charge in [-0.15, -0.1) is 0 Å². The van der Waals surface area contributed by atoms with Crippen molar-refractivity contribution in [1.82, 2.24) is 0 Å². The van der Waals surface area contributed by atoms with Gasteiger partial charge in [-0.25, -0.2) is 0 Å². The third-order valence-electron chi connectivity index (χ3n) is 30.9. The third kappa shape index (κ3) is 25.1. The van der Waals surface area contributed by atoms with E-state index < -0.39 is 214 Å². The second kappa shape index (κ2) is 39.5. The highest BCUT2D eigenvalue weighted by molar-refractivity contribution is 5.19. The van der Waals surface area contributed by atoms with Crippen LogP contribution in [-0.2, 0) is 9.47 Å². The quantitative estimate of drug-likeness (QED) is 0.0995. The van der Waals surface area contributed by atoms with E-state index in [-0.39, 0.29) is 69.1 Å². The van der Waals surface area contributed by atoms with E-state index in [4.69, 9.17) is 10.2 Å². The molecule has 3 aliphatic heterocycles. The van der Waals surface area contributed by atoms with Crippen molar-refractivity contribution >= 4 is 0 Å². The first-order chi connectivity index (χ1) is 56.8. The van der Waals surface area contributed by atoms with Crippen molar-refractivity contribution in [3.8, 4) is 0 Å². The van der Waals surface area contributed by atoms with Gasteiger partial charge in [0, 0.05) is 0 Å². The summed E-state index contributed by atoms with van der Waals surface area (Å²) in [6, 6.07) is 0. The van der Waals surface area contributed by atoms with Crippen LogP contribution >= 0.6 is 0 Å². The Bertz CT molecular complexity index is 3430. The molecule has 3 saturated heterocycles. The zero-order valence-electron chi connectivity index (χ0n) is 74.7. The molecular formula is C84H128F34O11. The van der Waals surface area contributed by atoms with Gasteiger partial charge in [-0.05, 0) is 271 Å². The van der Waals surface area contributed by atoms with Gasteiger partial charge in [-0.3, -0.25) is 0 Å². The van der Waals surface area contributed by atoms with Crippen molar-refractivity contribution in [3.05, 3.63) is 0 Å². The molecule has 3 heterocycles. The maximum atomic E-state index is 13.3. The Hall–Kier alpha value is -2.82. The predicted octanol–water partition coefficient (Wildman–Crippen LogP) is 24.6. The Morgan fingerprint density at radius 1 is 0.318 bits per heavy atom. The van der Waals surface area contributed by atoms with Gasteiger partial charge in [0.15, 0.2) is 39.2 Å². The van der Waals surface area contributed by atoms with Gasteiger partial charge < -0.3 is 55.4 Å². The average Bonchev–Trinajstić information content (AvgIpc) is 1.53. The van der Waals surface area contributed by atoms with Crippen molar-refractivity contribution < 1.29 is 205 Å². The van der Waals surface area contributed by atoms with E-state index in [1.165, 1.54) is 13.8 Å². The monoisotopic (exact) mass is 1960 g/mol. The van der Waals surface area contributed by atoms with E-state index in [0.717, 1.165) is 120 Å². The highest BCUT2D eigenvalue weighted by Gasteiger charge is 2.84. The summed E-state index contributed by atoms with van der Waals surface area (Å²) in [6.07, 6.45) is -41.7. The molecule has 11 aliphatic rings. The summed E-state index contributed by atoms with van der Waals surface area (Å²) in [5.74, 6) is -17.3. The fourth-order valence-corrected chi connectivity index (χ4v) is 20.8. The first kappa shape index (κ1) is 118. The zero-order chi connectivity index (χ0) is 101. The average molecular weight is 1960 g/mol. The van der Waals surface area contributed by atoms with Crippen molar-refractivity contribution in [3.63, 3.8) is 0 Å². The SMILES string of the molecule is CC(C)(C1CCC(C(C)(O)C(F)(F)F)CC1)C(F)(F)F.CC1(C)COC(O)(C(F)(F)F)C1(F)F.CC1CC(C(C)(O)C(F)(F)F)CC(C(C)(O)C(F)(F)F)C1.CC1CC2CC1CC2C(C)(O)C(F)(F)F.CC1CC2CC1CC2CC(C)(O)C(F)(F)F.CC1CC2OC1C(F)(F)C2(O)C(F)(F)F.CC1CCC(C(C)(O)C(F)(F)F)CC1.CC1CCCCC1C(C)(O)C(F)(F)F. The fourth-order valence-electron chi connectivity index (χ4n) is 20.8. The minimum Gasteiger partial charge on any atom is -0.381 e. The van der Waals surface area contributed by atoms with E-state index in [9.17, 15) is 185 Å². The summed E-state index contributed by atoms with van der Waals surface area (Å²) in [4.78, 5) is 0. The summed E-state index contributed by atoms with van der Waals surface area (Å²) in [5, 5.41) is 85.0. The molecule has 0 aromatic heterocycles. The lowest BCUT2D eigenvalue weighted by Gasteiger charge is -2.46. The van der Waals surface area contributed by atoms with E-state index >= 15 is 0 Å². The summed E-state index contributed by atoms with van der Waals surface area (Å²) >= 11 is 0. The van der Waals surface area contributed by atoms with Gasteiger partial charge >= 0.3 is 79.4 Å². The van der Waals surface area contributed by atoms with Crippen molar-refractivity contribution in [2.24, 2.45) is 117 Å². The Balaban J connectivity index is 0.000000310. The molecule has 24 atom stereocenters. The summed E-state index contributed by atoms with van der Waals surface area (Å²) in [7, 11) is 0. The number of alkyl halides is 34. The van der Waals surface area contributed by atoms with Gasteiger partial charge in [0.1, 0.15) is 12.2 Å². The molecule has 8 aliphatic carbocycles. The maximum absolute atomic E-state index is 13.3. The van der Waals surface area contributed by atoms with Crippen molar-refractivity contribution in [2.45, 2.75) is 402 Å². The van der Waals surface area contributed by atoms with Crippen LogP contribution in [0.1, 0.15) is 265 Å². The molecule has 0 spiro atoms. The molecule has 0 aromatic rings. The first-order valence-corrected chi connectivity index (χ1v) is 43.1. The van der Waals surface area contributed by atoms with Crippen LogP contribution in [0.2, 0.25) is 0 Å². The minimum absolute atomic E-state index is 0.0308. The van der Waals surface area contributed by atoms with Gasteiger partial charge in [-0.2, -0.15) is 149 Å². The molecule has 0 radical (unpaired) electrons. The summed E-state index contributed by atoms with van der Waals surface area (Å²) in [6.45, 7) is 19.6. The van der Waals surface area contributed by atoms with Gasteiger partial charge in [0.2, 0.25) is 0 Å². The molecule has 0 aromatic carbocycles. The molecule has 24 unspecified atom stereocenters. The van der Waals surface area contributed by atoms with Crippen LogP contribution in [0.3, 0.4) is 0 Å². The molecule has 11 rings (SSSR count). The molecule has 9 N–H and O–H groups in total. The summed E-state index contributed by atoms with van der Waals surface area (Å²) in [5.41, 5.74) is -27.0. The van der Waals surface area contributed by atoms with E-state index in [2.05, 4.69) is 23.3 Å². The number of hydrogen-bond acceptors (Lipinski definition) is 11. The third-order valence-corrected chi connectivity index (χ3v) is 30.9. The number of ether oxygens (including phenoxy) is 2. The number of rotatable bonds is 9. The van der Waals surface area contributed by atoms with E-state index in [1.807, 2.05) is 6.92 Å². The number of halogens is 34. The molecule has 0 amide bonds. The number of hydrogen-bond donors (Lipinski definition) is 9. The molecule has 11 nitrogen and oxygen atoms in total. The highest BCUT2D eigenvalue weighted by Crippen LogP contribution is 2.64. The second-order valence-electron chi connectivity index (χ2n) is 41.5. The molecule has 8 saturated carbocycles. The second-order valence-corrected chi connectivity index (χ2v) is 41.5. The van der Waals surface area contributed by atoms with Crippen LogP contribution < -0.4 is 0 Å². The Labute approximate surface area is 728 Å².